The average Bonchev–Trinajstić information content (AvgIpc) is 2.64. The van der Waals surface area contributed by atoms with Gasteiger partial charge in [0, 0.05) is 19.9 Å². The average molecular weight is 273 g/mol. The van der Waals surface area contributed by atoms with E-state index in [2.05, 4.69) is 0 Å². The normalized spacial score (nSPS) is 24.1. The van der Waals surface area contributed by atoms with Crippen molar-refractivity contribution in [2.75, 3.05) is 7.05 Å². The molecule has 2 rings (SSSR count). The Hall–Kier alpha value is -1.97. The quantitative estimate of drug-likeness (QED) is 0.622. The molecule has 1 saturated heterocycles. The predicted molar refractivity (Wildman–Crippen MR) is 75.1 cm³/mol. The van der Waals surface area contributed by atoms with Gasteiger partial charge in [0.25, 0.3) is 0 Å². The van der Waals surface area contributed by atoms with Crippen molar-refractivity contribution in [2.24, 2.45) is 5.41 Å². The van der Waals surface area contributed by atoms with Gasteiger partial charge in [-0.3, -0.25) is 14.5 Å². The van der Waals surface area contributed by atoms with Crippen LogP contribution >= 0.6 is 0 Å². The summed E-state index contributed by atoms with van der Waals surface area (Å²) < 4.78 is 0. The van der Waals surface area contributed by atoms with E-state index < -0.39 is 5.41 Å². The molecule has 0 N–H and O–H groups in total. The Morgan fingerprint density at radius 1 is 1.30 bits per heavy atom. The lowest BCUT2D eigenvalue weighted by Crippen LogP contribution is -2.34. The fourth-order valence-corrected chi connectivity index (χ4v) is 2.75. The van der Waals surface area contributed by atoms with Crippen molar-refractivity contribution in [1.82, 2.24) is 4.90 Å². The molecule has 4 heteroatoms. The maximum atomic E-state index is 12.3. The number of imide groups is 1. The van der Waals surface area contributed by atoms with Crippen molar-refractivity contribution in [3.8, 4) is 0 Å². The Kier molecular flexibility index (Phi) is 3.75. The summed E-state index contributed by atoms with van der Waals surface area (Å²) in [6.07, 6.45) is 1.51. The van der Waals surface area contributed by atoms with Gasteiger partial charge in [-0.25, -0.2) is 0 Å². The van der Waals surface area contributed by atoms with E-state index in [0.717, 1.165) is 17.4 Å². The first kappa shape index (κ1) is 14.4. The third-order valence-electron chi connectivity index (χ3n) is 4.44. The molecule has 4 nitrogen and oxygen atoms in total. The molecule has 0 aliphatic carbocycles. The summed E-state index contributed by atoms with van der Waals surface area (Å²) in [4.78, 5) is 35.7. The van der Waals surface area contributed by atoms with Crippen LogP contribution in [0.2, 0.25) is 0 Å². The van der Waals surface area contributed by atoms with Gasteiger partial charge in [-0.2, -0.15) is 0 Å². The van der Waals surface area contributed by atoms with Crippen LogP contribution in [0.3, 0.4) is 0 Å². The van der Waals surface area contributed by atoms with E-state index in [1.54, 1.807) is 0 Å². The third-order valence-corrected chi connectivity index (χ3v) is 4.44. The SMILES string of the molecule is C[C@H](c1ccc(CC=O)cc1)[C@]1(C)CC(=O)N(C)C1=O. The fraction of sp³-hybridized carbons (Fsp3) is 0.438. The van der Waals surface area contributed by atoms with Crippen molar-refractivity contribution >= 4 is 18.1 Å². The number of aldehydes is 1. The Morgan fingerprint density at radius 3 is 2.35 bits per heavy atom. The molecule has 20 heavy (non-hydrogen) atoms. The molecule has 1 aliphatic rings. The lowest BCUT2D eigenvalue weighted by molar-refractivity contribution is -0.139. The van der Waals surface area contributed by atoms with Crippen LogP contribution in [0.15, 0.2) is 24.3 Å². The number of carbonyl (C=O) groups excluding carboxylic acids is 3. The molecule has 1 aromatic carbocycles. The fourth-order valence-electron chi connectivity index (χ4n) is 2.75. The van der Waals surface area contributed by atoms with Crippen molar-refractivity contribution in [3.63, 3.8) is 0 Å². The molecular formula is C16H19NO3. The van der Waals surface area contributed by atoms with Crippen LogP contribution in [0.1, 0.15) is 37.3 Å². The molecule has 1 fully saturated rings. The molecule has 0 bridgehead atoms. The highest BCUT2D eigenvalue weighted by molar-refractivity contribution is 6.05. The van der Waals surface area contributed by atoms with E-state index in [0.29, 0.717) is 6.42 Å². The van der Waals surface area contributed by atoms with E-state index >= 15 is 0 Å². The number of benzene rings is 1. The summed E-state index contributed by atoms with van der Waals surface area (Å²) in [5.74, 6) is -0.289. The number of hydrogen-bond donors (Lipinski definition) is 0. The highest BCUT2D eigenvalue weighted by Gasteiger charge is 2.50. The third kappa shape index (κ3) is 2.26. The Morgan fingerprint density at radius 2 is 1.90 bits per heavy atom. The van der Waals surface area contributed by atoms with Crippen LogP contribution in [0.4, 0.5) is 0 Å². The van der Waals surface area contributed by atoms with E-state index in [4.69, 9.17) is 0 Å². The minimum absolute atomic E-state index is 0.0471. The van der Waals surface area contributed by atoms with Crippen LogP contribution in [-0.4, -0.2) is 30.0 Å². The number of amides is 2. The van der Waals surface area contributed by atoms with Gasteiger partial charge in [0.05, 0.1) is 5.41 Å². The Bertz CT molecular complexity index is 549. The summed E-state index contributed by atoms with van der Waals surface area (Å²) in [6, 6.07) is 7.67. The predicted octanol–water partition coefficient (Wildman–Crippen LogP) is 1.93. The summed E-state index contributed by atoms with van der Waals surface area (Å²) >= 11 is 0. The van der Waals surface area contributed by atoms with Gasteiger partial charge in [-0.05, 0) is 24.0 Å². The highest BCUT2D eigenvalue weighted by Crippen LogP contribution is 2.44. The van der Waals surface area contributed by atoms with Crippen molar-refractivity contribution in [1.29, 1.82) is 0 Å². The minimum Gasteiger partial charge on any atom is -0.303 e. The number of likely N-dealkylation sites (tertiary alicyclic amines) is 1. The van der Waals surface area contributed by atoms with E-state index in [9.17, 15) is 14.4 Å². The van der Waals surface area contributed by atoms with Gasteiger partial charge >= 0.3 is 0 Å². The van der Waals surface area contributed by atoms with Gasteiger partial charge in [-0.1, -0.05) is 31.2 Å². The van der Waals surface area contributed by atoms with Gasteiger partial charge in [0.2, 0.25) is 11.8 Å². The summed E-state index contributed by atoms with van der Waals surface area (Å²) in [7, 11) is 1.54. The molecule has 0 saturated carbocycles. The molecule has 1 aliphatic heterocycles. The van der Waals surface area contributed by atoms with Crippen LogP contribution < -0.4 is 0 Å². The number of hydrogen-bond acceptors (Lipinski definition) is 3. The zero-order valence-electron chi connectivity index (χ0n) is 12.1. The molecule has 1 heterocycles. The van der Waals surface area contributed by atoms with Crippen molar-refractivity contribution in [3.05, 3.63) is 35.4 Å². The lowest BCUT2D eigenvalue weighted by Gasteiger charge is -2.29. The van der Waals surface area contributed by atoms with Crippen molar-refractivity contribution in [2.45, 2.75) is 32.6 Å². The smallest absolute Gasteiger partial charge is 0.235 e. The zero-order valence-corrected chi connectivity index (χ0v) is 12.1. The first-order valence-electron chi connectivity index (χ1n) is 6.73. The van der Waals surface area contributed by atoms with Gasteiger partial charge in [0.1, 0.15) is 6.29 Å². The molecule has 0 spiro atoms. The Labute approximate surface area is 118 Å². The van der Waals surface area contributed by atoms with Gasteiger partial charge < -0.3 is 4.79 Å². The summed E-state index contributed by atoms with van der Waals surface area (Å²) in [5, 5.41) is 0. The number of rotatable bonds is 4. The summed E-state index contributed by atoms with van der Waals surface area (Å²) in [5.41, 5.74) is 1.28. The van der Waals surface area contributed by atoms with Crippen LogP contribution in [0.5, 0.6) is 0 Å². The van der Waals surface area contributed by atoms with E-state index in [-0.39, 0.29) is 24.2 Å². The van der Waals surface area contributed by atoms with E-state index in [1.807, 2.05) is 38.1 Å². The second kappa shape index (κ2) is 5.19. The van der Waals surface area contributed by atoms with Crippen LogP contribution in [0.25, 0.3) is 0 Å². The molecule has 0 unspecified atom stereocenters. The van der Waals surface area contributed by atoms with Crippen LogP contribution in [0, 0.1) is 5.41 Å². The lowest BCUT2D eigenvalue weighted by atomic mass is 9.73. The molecule has 1 aromatic rings. The first-order chi connectivity index (χ1) is 9.40. The molecule has 0 radical (unpaired) electrons. The second-order valence-corrected chi connectivity index (χ2v) is 5.69. The molecule has 106 valence electrons. The monoisotopic (exact) mass is 273 g/mol. The second-order valence-electron chi connectivity index (χ2n) is 5.69. The van der Waals surface area contributed by atoms with Crippen LogP contribution in [-0.2, 0) is 20.8 Å². The number of carbonyl (C=O) groups is 3. The maximum absolute atomic E-state index is 12.3. The standard InChI is InChI=1S/C16H19NO3/c1-11(13-6-4-12(5-7-13)8-9-18)16(2)10-14(19)17(3)15(16)20/h4-7,9,11H,8,10H2,1-3H3/t11-,16+/m1/s1. The Balaban J connectivity index is 2.26. The van der Waals surface area contributed by atoms with Gasteiger partial charge in [0.15, 0.2) is 0 Å². The van der Waals surface area contributed by atoms with Gasteiger partial charge in [-0.15, -0.1) is 0 Å². The maximum Gasteiger partial charge on any atom is 0.235 e. The number of nitrogens with zero attached hydrogens (tertiary/aromatic N) is 1. The molecule has 0 aromatic heterocycles. The first-order valence-corrected chi connectivity index (χ1v) is 6.73. The molecule has 2 amide bonds. The zero-order chi connectivity index (χ0) is 14.9. The molecular weight excluding hydrogens is 254 g/mol. The largest absolute Gasteiger partial charge is 0.303 e. The van der Waals surface area contributed by atoms with E-state index in [1.165, 1.54) is 11.9 Å². The molecule has 2 atom stereocenters. The minimum atomic E-state index is -0.683. The topological polar surface area (TPSA) is 54.5 Å². The summed E-state index contributed by atoms with van der Waals surface area (Å²) in [6.45, 7) is 3.82. The highest BCUT2D eigenvalue weighted by atomic mass is 16.2. The van der Waals surface area contributed by atoms with Crippen molar-refractivity contribution < 1.29 is 14.4 Å².